The maximum atomic E-state index is 11.3. The van der Waals surface area contributed by atoms with Gasteiger partial charge in [0.15, 0.2) is 0 Å². The molecule has 3 N–H and O–H groups in total. The number of carbonyl (C=O) groups excluding carboxylic acids is 1. The predicted molar refractivity (Wildman–Crippen MR) is 78.1 cm³/mol. The van der Waals surface area contributed by atoms with E-state index in [2.05, 4.69) is 5.32 Å². The van der Waals surface area contributed by atoms with Gasteiger partial charge in [0.2, 0.25) is 5.91 Å². The van der Waals surface area contributed by atoms with E-state index < -0.39 is 0 Å². The zero-order chi connectivity index (χ0) is 14.2. The van der Waals surface area contributed by atoms with Crippen LogP contribution >= 0.6 is 0 Å². The minimum Gasteiger partial charge on any atom is -0.374 e. The van der Waals surface area contributed by atoms with Crippen LogP contribution in [0.4, 0.5) is 0 Å². The van der Waals surface area contributed by atoms with Gasteiger partial charge in [-0.2, -0.15) is 0 Å². The summed E-state index contributed by atoms with van der Waals surface area (Å²) in [5.41, 5.74) is 5.92. The Morgan fingerprint density at radius 1 is 1.25 bits per heavy atom. The largest absolute Gasteiger partial charge is 0.374 e. The fraction of sp³-hybridized carbons (Fsp3) is 0.938. The normalized spacial score (nSPS) is 39.8. The Bertz CT molecular complexity index is 334. The lowest BCUT2D eigenvalue weighted by molar-refractivity contribution is -0.142. The summed E-state index contributed by atoms with van der Waals surface area (Å²) in [6, 6.07) is 0. The number of nitrogens with one attached hydrogen (secondary N) is 1. The molecule has 0 heterocycles. The van der Waals surface area contributed by atoms with Crippen LogP contribution in [0.3, 0.4) is 0 Å². The van der Waals surface area contributed by atoms with E-state index in [-0.39, 0.29) is 12.0 Å². The quantitative estimate of drug-likeness (QED) is 0.778. The molecule has 4 fully saturated rings. The first kappa shape index (κ1) is 14.3. The van der Waals surface area contributed by atoms with E-state index in [0.29, 0.717) is 25.1 Å². The molecule has 4 saturated carbocycles. The van der Waals surface area contributed by atoms with E-state index in [1.165, 1.54) is 38.5 Å². The van der Waals surface area contributed by atoms with Gasteiger partial charge in [0.05, 0.1) is 12.7 Å². The third kappa shape index (κ3) is 2.73. The van der Waals surface area contributed by atoms with Crippen molar-refractivity contribution in [3.05, 3.63) is 0 Å². The summed E-state index contributed by atoms with van der Waals surface area (Å²) in [4.78, 5) is 11.3. The van der Waals surface area contributed by atoms with Crippen LogP contribution in [-0.4, -0.2) is 31.7 Å². The smallest absolute Gasteiger partial charge is 0.216 e. The Balaban J connectivity index is 1.73. The first-order valence-electron chi connectivity index (χ1n) is 8.17. The molecule has 0 radical (unpaired) electrons. The summed E-state index contributed by atoms with van der Waals surface area (Å²) >= 11 is 0. The van der Waals surface area contributed by atoms with Gasteiger partial charge >= 0.3 is 0 Å². The van der Waals surface area contributed by atoms with Crippen LogP contribution in [0, 0.1) is 23.2 Å². The molecule has 0 aromatic carbocycles. The van der Waals surface area contributed by atoms with Gasteiger partial charge in [-0.15, -0.1) is 0 Å². The number of amides is 1. The number of nitrogens with two attached hydrogens (primary N) is 1. The Kier molecular flexibility index (Phi) is 4.04. The van der Waals surface area contributed by atoms with Crippen LogP contribution in [0.2, 0.25) is 0 Å². The number of ether oxygens (including phenoxy) is 1. The first-order valence-corrected chi connectivity index (χ1v) is 8.17. The lowest BCUT2D eigenvalue weighted by atomic mass is 9.48. The molecule has 4 aliphatic rings. The Hall–Kier alpha value is -0.610. The van der Waals surface area contributed by atoms with Crippen LogP contribution in [0.15, 0.2) is 0 Å². The highest BCUT2D eigenvalue weighted by Crippen LogP contribution is 2.61. The van der Waals surface area contributed by atoms with Crippen molar-refractivity contribution in [3.8, 4) is 0 Å². The molecule has 4 aliphatic carbocycles. The first-order chi connectivity index (χ1) is 9.61. The SMILES string of the molecule is CC(=O)NCC(OCCN)C12CC3CC(CC(C3)C1)C2. The lowest BCUT2D eigenvalue weighted by Crippen LogP contribution is -2.55. The second-order valence-corrected chi connectivity index (χ2v) is 7.37. The summed E-state index contributed by atoms with van der Waals surface area (Å²) in [6.45, 7) is 3.40. The molecule has 20 heavy (non-hydrogen) atoms. The molecule has 4 heteroatoms. The van der Waals surface area contributed by atoms with E-state index >= 15 is 0 Å². The Morgan fingerprint density at radius 2 is 1.80 bits per heavy atom. The zero-order valence-corrected chi connectivity index (χ0v) is 12.6. The molecule has 1 unspecified atom stereocenters. The average molecular weight is 280 g/mol. The highest BCUT2D eigenvalue weighted by Gasteiger charge is 2.54. The van der Waals surface area contributed by atoms with Crippen LogP contribution in [0.25, 0.3) is 0 Å². The second-order valence-electron chi connectivity index (χ2n) is 7.37. The van der Waals surface area contributed by atoms with Crippen molar-refractivity contribution in [2.75, 3.05) is 19.7 Å². The maximum absolute atomic E-state index is 11.3. The molecule has 0 aromatic heterocycles. The molecular formula is C16H28N2O2. The summed E-state index contributed by atoms with van der Waals surface area (Å²) in [7, 11) is 0. The maximum Gasteiger partial charge on any atom is 0.216 e. The van der Waals surface area contributed by atoms with Crippen molar-refractivity contribution in [3.63, 3.8) is 0 Å². The highest BCUT2D eigenvalue weighted by molar-refractivity contribution is 5.72. The van der Waals surface area contributed by atoms with E-state index in [9.17, 15) is 4.79 Å². The summed E-state index contributed by atoms with van der Waals surface area (Å²) in [5, 5.41) is 2.97. The highest BCUT2D eigenvalue weighted by atomic mass is 16.5. The molecule has 1 amide bonds. The molecule has 4 nitrogen and oxygen atoms in total. The predicted octanol–water partition coefficient (Wildman–Crippen LogP) is 1.68. The molecule has 0 aliphatic heterocycles. The van der Waals surface area contributed by atoms with Gasteiger partial charge in [0.1, 0.15) is 0 Å². The van der Waals surface area contributed by atoms with Crippen molar-refractivity contribution in [1.29, 1.82) is 0 Å². The van der Waals surface area contributed by atoms with Gasteiger partial charge in [-0.05, 0) is 61.7 Å². The van der Waals surface area contributed by atoms with E-state index in [0.717, 1.165) is 17.8 Å². The zero-order valence-electron chi connectivity index (χ0n) is 12.6. The minimum absolute atomic E-state index is 0.0380. The molecular weight excluding hydrogens is 252 g/mol. The van der Waals surface area contributed by atoms with Gasteiger partial charge in [-0.25, -0.2) is 0 Å². The van der Waals surface area contributed by atoms with Gasteiger partial charge in [-0.3, -0.25) is 4.79 Å². The van der Waals surface area contributed by atoms with Gasteiger partial charge in [-0.1, -0.05) is 0 Å². The Labute approximate surface area is 121 Å². The molecule has 0 spiro atoms. The molecule has 0 saturated heterocycles. The van der Waals surface area contributed by atoms with Gasteiger partial charge < -0.3 is 15.8 Å². The third-order valence-corrected chi connectivity index (χ3v) is 5.74. The van der Waals surface area contributed by atoms with E-state index in [1.54, 1.807) is 6.92 Å². The van der Waals surface area contributed by atoms with Crippen molar-refractivity contribution < 1.29 is 9.53 Å². The van der Waals surface area contributed by atoms with E-state index in [1.807, 2.05) is 0 Å². The topological polar surface area (TPSA) is 64.3 Å². The number of hydrogen-bond acceptors (Lipinski definition) is 3. The molecule has 1 atom stereocenters. The second kappa shape index (κ2) is 5.64. The monoisotopic (exact) mass is 280 g/mol. The van der Waals surface area contributed by atoms with Crippen LogP contribution in [0.1, 0.15) is 45.4 Å². The van der Waals surface area contributed by atoms with Crippen molar-refractivity contribution in [1.82, 2.24) is 5.32 Å². The fourth-order valence-electron chi connectivity index (χ4n) is 5.47. The molecule has 114 valence electrons. The fourth-order valence-corrected chi connectivity index (χ4v) is 5.47. The van der Waals surface area contributed by atoms with Crippen molar-refractivity contribution in [2.24, 2.45) is 28.9 Å². The van der Waals surface area contributed by atoms with Gasteiger partial charge in [0.25, 0.3) is 0 Å². The van der Waals surface area contributed by atoms with Crippen molar-refractivity contribution in [2.45, 2.75) is 51.6 Å². The number of rotatable bonds is 6. The molecule has 0 aromatic rings. The van der Waals surface area contributed by atoms with Crippen molar-refractivity contribution >= 4 is 5.91 Å². The summed E-state index contributed by atoms with van der Waals surface area (Å²) in [6.07, 6.45) is 8.35. The molecule has 4 bridgehead atoms. The van der Waals surface area contributed by atoms with Gasteiger partial charge in [0, 0.05) is 20.0 Å². The van der Waals surface area contributed by atoms with Crippen LogP contribution in [-0.2, 0) is 9.53 Å². The molecule has 4 rings (SSSR count). The average Bonchev–Trinajstić information content (AvgIpc) is 2.36. The summed E-state index contributed by atoms with van der Waals surface area (Å²) < 4.78 is 6.09. The minimum atomic E-state index is 0.0380. The van der Waals surface area contributed by atoms with E-state index in [4.69, 9.17) is 10.5 Å². The summed E-state index contributed by atoms with van der Waals surface area (Å²) in [5.74, 6) is 2.75. The number of carbonyl (C=O) groups is 1. The van der Waals surface area contributed by atoms with Crippen LogP contribution in [0.5, 0.6) is 0 Å². The third-order valence-electron chi connectivity index (χ3n) is 5.74. The lowest BCUT2D eigenvalue weighted by Gasteiger charge is -2.59. The standard InChI is InChI=1S/C16H28N2O2/c1-11(19)18-10-15(20-3-2-17)16-7-12-4-13(8-16)6-14(5-12)9-16/h12-15H,2-10,17H2,1H3,(H,18,19). The van der Waals surface area contributed by atoms with Crippen LogP contribution < -0.4 is 11.1 Å². The Morgan fingerprint density at radius 3 is 2.25 bits per heavy atom. The number of hydrogen-bond donors (Lipinski definition) is 2.